The second-order valence-electron chi connectivity index (χ2n) is 8.72. The second-order valence-corrected chi connectivity index (χ2v) is 8.72. The molecule has 1 aliphatic carbocycles. The Bertz CT molecular complexity index is 929. The summed E-state index contributed by atoms with van der Waals surface area (Å²) in [5, 5.41) is 9.06. The van der Waals surface area contributed by atoms with Crippen LogP contribution in [-0.4, -0.2) is 54.8 Å². The number of carbonyl (C=O) groups excluding carboxylic acids is 4. The molecule has 1 saturated carbocycles. The van der Waals surface area contributed by atoms with Gasteiger partial charge < -0.3 is 24.1 Å². The van der Waals surface area contributed by atoms with Crippen LogP contribution in [-0.2, 0) is 44.6 Å². The van der Waals surface area contributed by atoms with Gasteiger partial charge in [-0.2, -0.15) is 0 Å². The predicted molar refractivity (Wildman–Crippen MR) is 130 cm³/mol. The Morgan fingerprint density at radius 3 is 1.92 bits per heavy atom. The number of esters is 4. The minimum absolute atomic E-state index is 0.0810. The first-order valence-electron chi connectivity index (χ1n) is 12.4. The van der Waals surface area contributed by atoms with E-state index < -0.39 is 23.9 Å². The van der Waals surface area contributed by atoms with Crippen LogP contribution in [0.1, 0.15) is 56.9 Å². The fourth-order valence-corrected chi connectivity index (χ4v) is 3.75. The summed E-state index contributed by atoms with van der Waals surface area (Å²) in [6.07, 6.45) is 4.42. The fraction of sp³-hybridized carbons (Fsp3) is 0.519. The molecule has 1 aromatic carbocycles. The minimum Gasteiger partial charge on any atom is -0.481 e. The van der Waals surface area contributed by atoms with Crippen LogP contribution in [0.5, 0.6) is 5.75 Å². The lowest BCUT2D eigenvalue weighted by Crippen LogP contribution is -2.28. The van der Waals surface area contributed by atoms with Crippen LogP contribution in [0.4, 0.5) is 0 Å². The van der Waals surface area contributed by atoms with Crippen molar-refractivity contribution in [3.05, 3.63) is 42.5 Å². The molecule has 1 N–H and O–H groups in total. The first-order chi connectivity index (χ1) is 17.8. The molecule has 1 aromatic rings. The first-order valence-corrected chi connectivity index (χ1v) is 12.4. The summed E-state index contributed by atoms with van der Waals surface area (Å²) in [7, 11) is 0. The summed E-state index contributed by atoms with van der Waals surface area (Å²) >= 11 is 0. The van der Waals surface area contributed by atoms with Crippen LogP contribution in [0.3, 0.4) is 0 Å². The highest BCUT2D eigenvalue weighted by Gasteiger charge is 2.30. The SMILES string of the molecule is C=CC(=O)OCCCCOC(=O)CCC(=O)OCCc1ccc(OC(=O)[C@H]2CC[C@H](C(=O)O)CC2)cc1. The summed E-state index contributed by atoms with van der Waals surface area (Å²) in [6, 6.07) is 6.87. The van der Waals surface area contributed by atoms with Gasteiger partial charge in [-0.1, -0.05) is 18.7 Å². The Hall–Kier alpha value is -3.69. The molecule has 10 heteroatoms. The molecule has 2 rings (SSSR count). The van der Waals surface area contributed by atoms with E-state index in [-0.39, 0.29) is 50.5 Å². The maximum Gasteiger partial charge on any atom is 0.330 e. The monoisotopic (exact) mass is 518 g/mol. The van der Waals surface area contributed by atoms with E-state index in [2.05, 4.69) is 6.58 Å². The molecule has 0 unspecified atom stereocenters. The van der Waals surface area contributed by atoms with Crippen LogP contribution >= 0.6 is 0 Å². The molecule has 0 saturated heterocycles. The zero-order chi connectivity index (χ0) is 27.0. The third-order valence-electron chi connectivity index (χ3n) is 5.95. The van der Waals surface area contributed by atoms with Gasteiger partial charge in [-0.15, -0.1) is 0 Å². The largest absolute Gasteiger partial charge is 0.481 e. The Morgan fingerprint density at radius 1 is 0.811 bits per heavy atom. The van der Waals surface area contributed by atoms with Crippen molar-refractivity contribution in [3.63, 3.8) is 0 Å². The molecule has 37 heavy (non-hydrogen) atoms. The second kappa shape index (κ2) is 16.1. The average Bonchev–Trinajstić information content (AvgIpc) is 2.90. The molecule has 0 atom stereocenters. The molecular formula is C27H34O10. The number of carboxylic acids is 1. The fourth-order valence-electron chi connectivity index (χ4n) is 3.75. The Morgan fingerprint density at radius 2 is 1.35 bits per heavy atom. The lowest BCUT2D eigenvalue weighted by Gasteiger charge is -2.24. The molecule has 0 bridgehead atoms. The molecule has 0 spiro atoms. The number of rotatable bonds is 15. The summed E-state index contributed by atoms with van der Waals surface area (Å²) in [5.74, 6) is -2.94. The summed E-state index contributed by atoms with van der Waals surface area (Å²) in [4.78, 5) is 57.8. The van der Waals surface area contributed by atoms with Crippen molar-refractivity contribution >= 4 is 29.8 Å². The maximum absolute atomic E-state index is 12.3. The van der Waals surface area contributed by atoms with Crippen molar-refractivity contribution in [2.24, 2.45) is 11.8 Å². The van der Waals surface area contributed by atoms with E-state index in [0.717, 1.165) is 11.6 Å². The first kappa shape index (κ1) is 29.5. The smallest absolute Gasteiger partial charge is 0.330 e. The minimum atomic E-state index is -0.815. The van der Waals surface area contributed by atoms with Gasteiger partial charge in [0.2, 0.25) is 0 Å². The molecule has 10 nitrogen and oxygen atoms in total. The molecule has 1 aliphatic rings. The topological polar surface area (TPSA) is 142 Å². The standard InChI is InChI=1S/C27H34O10/c1-2-23(28)34-16-3-4-17-35-24(29)13-14-25(30)36-18-15-19-5-11-22(12-6-19)37-27(33)21-9-7-20(8-10-21)26(31)32/h2,5-6,11-12,20-21H,1,3-4,7-10,13-18H2,(H,31,32)/t20-,21-. The molecular weight excluding hydrogens is 484 g/mol. The van der Waals surface area contributed by atoms with E-state index in [9.17, 15) is 24.0 Å². The molecule has 0 amide bonds. The number of benzene rings is 1. The molecule has 0 aromatic heterocycles. The summed E-state index contributed by atoms with van der Waals surface area (Å²) in [6.45, 7) is 3.83. The lowest BCUT2D eigenvalue weighted by molar-refractivity contribution is -0.150. The van der Waals surface area contributed by atoms with Gasteiger partial charge in [-0.25, -0.2) is 4.79 Å². The quantitative estimate of drug-likeness (QED) is 0.121. The highest BCUT2D eigenvalue weighted by Crippen LogP contribution is 2.30. The molecule has 0 radical (unpaired) electrons. The normalized spacial score (nSPS) is 16.8. The zero-order valence-corrected chi connectivity index (χ0v) is 20.9. The van der Waals surface area contributed by atoms with Gasteiger partial charge in [-0.05, 0) is 56.2 Å². The van der Waals surface area contributed by atoms with Crippen LogP contribution in [0.2, 0.25) is 0 Å². The van der Waals surface area contributed by atoms with Gasteiger partial charge in [0.25, 0.3) is 0 Å². The lowest BCUT2D eigenvalue weighted by atomic mass is 9.82. The van der Waals surface area contributed by atoms with E-state index in [1.54, 1.807) is 24.3 Å². The van der Waals surface area contributed by atoms with Gasteiger partial charge in [0.05, 0.1) is 44.5 Å². The number of carboxylic acid groups (broad SMARTS) is 1. The number of hydrogen-bond acceptors (Lipinski definition) is 9. The third-order valence-corrected chi connectivity index (χ3v) is 5.95. The number of aliphatic carboxylic acids is 1. The van der Waals surface area contributed by atoms with E-state index >= 15 is 0 Å². The zero-order valence-electron chi connectivity index (χ0n) is 20.9. The Balaban J connectivity index is 1.56. The van der Waals surface area contributed by atoms with Gasteiger partial charge >= 0.3 is 29.8 Å². The Labute approximate surface area is 215 Å². The van der Waals surface area contributed by atoms with Gasteiger partial charge in [0, 0.05) is 12.5 Å². The van der Waals surface area contributed by atoms with Crippen molar-refractivity contribution in [1.82, 2.24) is 0 Å². The average molecular weight is 519 g/mol. The van der Waals surface area contributed by atoms with Crippen LogP contribution in [0, 0.1) is 11.8 Å². The van der Waals surface area contributed by atoms with Crippen LogP contribution in [0.15, 0.2) is 36.9 Å². The van der Waals surface area contributed by atoms with Crippen molar-refractivity contribution in [2.75, 3.05) is 19.8 Å². The summed E-state index contributed by atoms with van der Waals surface area (Å²) in [5.41, 5.74) is 0.882. The van der Waals surface area contributed by atoms with E-state index in [1.807, 2.05) is 0 Å². The van der Waals surface area contributed by atoms with Crippen molar-refractivity contribution in [3.8, 4) is 5.75 Å². The number of unbranched alkanes of at least 4 members (excludes halogenated alkanes) is 1. The van der Waals surface area contributed by atoms with Gasteiger partial charge in [0.1, 0.15) is 5.75 Å². The third kappa shape index (κ3) is 11.7. The van der Waals surface area contributed by atoms with Crippen molar-refractivity contribution in [2.45, 2.75) is 57.8 Å². The van der Waals surface area contributed by atoms with Crippen molar-refractivity contribution < 1.29 is 48.0 Å². The highest BCUT2D eigenvalue weighted by molar-refractivity contribution is 5.81. The number of carbonyl (C=O) groups is 5. The molecule has 1 fully saturated rings. The van der Waals surface area contributed by atoms with Crippen molar-refractivity contribution in [1.29, 1.82) is 0 Å². The molecule has 202 valence electrons. The van der Waals surface area contributed by atoms with E-state index in [4.69, 9.17) is 24.1 Å². The summed E-state index contributed by atoms with van der Waals surface area (Å²) < 4.78 is 20.4. The van der Waals surface area contributed by atoms with Crippen LogP contribution < -0.4 is 4.74 Å². The molecule has 0 aliphatic heterocycles. The maximum atomic E-state index is 12.3. The Kier molecular flexibility index (Phi) is 12.9. The van der Waals surface area contributed by atoms with Crippen LogP contribution in [0.25, 0.3) is 0 Å². The predicted octanol–water partition coefficient (Wildman–Crippen LogP) is 3.40. The highest BCUT2D eigenvalue weighted by atomic mass is 16.5. The van der Waals surface area contributed by atoms with Gasteiger partial charge in [0.15, 0.2) is 0 Å². The van der Waals surface area contributed by atoms with E-state index in [1.165, 1.54) is 0 Å². The van der Waals surface area contributed by atoms with Gasteiger partial charge in [-0.3, -0.25) is 19.2 Å². The van der Waals surface area contributed by atoms with E-state index in [0.29, 0.717) is 50.7 Å². The molecule has 0 heterocycles. The number of hydrogen-bond donors (Lipinski definition) is 1. The number of ether oxygens (including phenoxy) is 4.